The molecule has 1 aliphatic rings. The molecule has 0 aromatic carbocycles. The predicted molar refractivity (Wildman–Crippen MR) is 65.4 cm³/mol. The van der Waals surface area contributed by atoms with E-state index in [2.05, 4.69) is 25.7 Å². The Bertz CT molecular complexity index is 205. The first-order valence-corrected chi connectivity index (χ1v) is 5.97. The highest BCUT2D eigenvalue weighted by Gasteiger charge is 2.27. The van der Waals surface area contributed by atoms with Crippen LogP contribution in [0.25, 0.3) is 0 Å². The maximum absolute atomic E-state index is 5.58. The average molecular weight is 214 g/mol. The zero-order valence-electron chi connectivity index (χ0n) is 9.49. The third-order valence-electron chi connectivity index (χ3n) is 3.49. The van der Waals surface area contributed by atoms with Gasteiger partial charge in [-0.3, -0.25) is 4.90 Å². The van der Waals surface area contributed by atoms with Crippen LogP contribution in [0.2, 0.25) is 0 Å². The van der Waals surface area contributed by atoms with Crippen LogP contribution in [0.15, 0.2) is 0 Å². The fourth-order valence-electron chi connectivity index (χ4n) is 2.40. The minimum Gasteiger partial charge on any atom is -0.393 e. The third kappa shape index (κ3) is 2.92. The molecule has 2 N–H and O–H groups in total. The summed E-state index contributed by atoms with van der Waals surface area (Å²) in [5.41, 5.74) is 5.58. The van der Waals surface area contributed by atoms with Gasteiger partial charge in [0.25, 0.3) is 0 Å². The first kappa shape index (κ1) is 11.9. The van der Waals surface area contributed by atoms with Crippen molar-refractivity contribution in [3.8, 4) is 0 Å². The molecule has 0 spiro atoms. The van der Waals surface area contributed by atoms with Crippen LogP contribution in [0.4, 0.5) is 0 Å². The van der Waals surface area contributed by atoms with E-state index >= 15 is 0 Å². The number of likely N-dealkylation sites (tertiary alicyclic amines) is 1. The Morgan fingerprint density at radius 2 is 2.21 bits per heavy atom. The van der Waals surface area contributed by atoms with Crippen molar-refractivity contribution in [2.75, 3.05) is 6.54 Å². The van der Waals surface area contributed by atoms with Crippen molar-refractivity contribution in [3.05, 3.63) is 0 Å². The minimum absolute atomic E-state index is 0.505. The summed E-state index contributed by atoms with van der Waals surface area (Å²) in [6.45, 7) is 8.09. The number of hydrogen-bond acceptors (Lipinski definition) is 2. The van der Waals surface area contributed by atoms with E-state index in [0.29, 0.717) is 17.1 Å². The van der Waals surface area contributed by atoms with Gasteiger partial charge in [0.2, 0.25) is 0 Å². The standard InChI is InChI=1S/C11H22N2S/c1-8-5-4-6-13(10(8)3)9(2)7-11(12)14/h8-10H,4-7H2,1-3H3,(H2,12,14). The zero-order valence-corrected chi connectivity index (χ0v) is 10.3. The van der Waals surface area contributed by atoms with Gasteiger partial charge in [-0.2, -0.15) is 0 Å². The first-order valence-electron chi connectivity index (χ1n) is 5.56. The molecule has 1 fully saturated rings. The van der Waals surface area contributed by atoms with E-state index in [9.17, 15) is 0 Å². The SMILES string of the molecule is CC1CCCN(C(C)CC(N)=S)C1C. The van der Waals surface area contributed by atoms with Crippen molar-refractivity contribution in [1.82, 2.24) is 4.90 Å². The van der Waals surface area contributed by atoms with E-state index in [4.69, 9.17) is 18.0 Å². The number of hydrogen-bond donors (Lipinski definition) is 1. The van der Waals surface area contributed by atoms with Crippen molar-refractivity contribution < 1.29 is 0 Å². The summed E-state index contributed by atoms with van der Waals surface area (Å²) in [5.74, 6) is 0.803. The molecule has 14 heavy (non-hydrogen) atoms. The second kappa shape index (κ2) is 5.08. The maximum atomic E-state index is 5.58. The molecule has 0 radical (unpaired) electrons. The molecular weight excluding hydrogens is 192 g/mol. The molecule has 2 nitrogen and oxygen atoms in total. The van der Waals surface area contributed by atoms with Crippen LogP contribution in [-0.4, -0.2) is 28.5 Å². The zero-order chi connectivity index (χ0) is 10.7. The largest absolute Gasteiger partial charge is 0.393 e. The van der Waals surface area contributed by atoms with Crippen LogP contribution < -0.4 is 5.73 Å². The molecule has 3 unspecified atom stereocenters. The molecular formula is C11H22N2S. The minimum atomic E-state index is 0.505. The lowest BCUT2D eigenvalue weighted by Gasteiger charge is -2.41. The summed E-state index contributed by atoms with van der Waals surface area (Å²) in [7, 11) is 0. The fourth-order valence-corrected chi connectivity index (χ4v) is 2.64. The van der Waals surface area contributed by atoms with Crippen molar-refractivity contribution in [2.24, 2.45) is 11.7 Å². The Labute approximate surface area is 92.8 Å². The Balaban J connectivity index is 2.52. The Morgan fingerprint density at radius 3 is 2.79 bits per heavy atom. The Hall–Kier alpha value is -0.150. The predicted octanol–water partition coefficient (Wildman–Crippen LogP) is 2.17. The topological polar surface area (TPSA) is 29.3 Å². The first-order chi connectivity index (χ1) is 6.52. The molecule has 1 heterocycles. The van der Waals surface area contributed by atoms with Crippen molar-refractivity contribution in [3.63, 3.8) is 0 Å². The smallest absolute Gasteiger partial charge is 0.0742 e. The lowest BCUT2D eigenvalue weighted by Crippen LogP contribution is -2.48. The number of nitrogens with zero attached hydrogens (tertiary/aromatic N) is 1. The molecule has 0 aromatic rings. The highest BCUT2D eigenvalue weighted by molar-refractivity contribution is 7.80. The molecule has 0 saturated carbocycles. The third-order valence-corrected chi connectivity index (χ3v) is 3.65. The molecule has 1 rings (SSSR count). The van der Waals surface area contributed by atoms with Crippen LogP contribution in [0.1, 0.15) is 40.0 Å². The second-order valence-electron chi connectivity index (χ2n) is 4.62. The summed E-state index contributed by atoms with van der Waals surface area (Å²) in [6, 6.07) is 1.18. The van der Waals surface area contributed by atoms with Crippen LogP contribution in [0, 0.1) is 5.92 Å². The summed E-state index contributed by atoms with van der Waals surface area (Å²) in [4.78, 5) is 3.19. The Morgan fingerprint density at radius 1 is 1.57 bits per heavy atom. The van der Waals surface area contributed by atoms with Gasteiger partial charge in [0.1, 0.15) is 0 Å². The van der Waals surface area contributed by atoms with Gasteiger partial charge in [-0.15, -0.1) is 0 Å². The summed E-state index contributed by atoms with van der Waals surface area (Å²) < 4.78 is 0. The fraction of sp³-hybridized carbons (Fsp3) is 0.909. The average Bonchev–Trinajstić information content (AvgIpc) is 2.08. The van der Waals surface area contributed by atoms with E-state index in [-0.39, 0.29) is 0 Å². The summed E-state index contributed by atoms with van der Waals surface area (Å²) >= 11 is 4.96. The quantitative estimate of drug-likeness (QED) is 0.730. The van der Waals surface area contributed by atoms with Crippen molar-refractivity contribution in [1.29, 1.82) is 0 Å². The molecule has 1 aliphatic heterocycles. The van der Waals surface area contributed by atoms with Gasteiger partial charge in [-0.25, -0.2) is 0 Å². The molecule has 0 amide bonds. The molecule has 1 saturated heterocycles. The van der Waals surface area contributed by atoms with E-state index < -0.39 is 0 Å². The van der Waals surface area contributed by atoms with Crippen LogP contribution >= 0.6 is 12.2 Å². The van der Waals surface area contributed by atoms with Crippen molar-refractivity contribution in [2.45, 2.75) is 52.1 Å². The van der Waals surface area contributed by atoms with Gasteiger partial charge < -0.3 is 5.73 Å². The lowest BCUT2D eigenvalue weighted by atomic mass is 9.90. The monoisotopic (exact) mass is 214 g/mol. The molecule has 82 valence electrons. The van der Waals surface area contributed by atoms with Gasteiger partial charge in [0.15, 0.2) is 0 Å². The van der Waals surface area contributed by atoms with Gasteiger partial charge in [0, 0.05) is 18.5 Å². The number of thiocarbonyl (C=S) groups is 1. The highest BCUT2D eigenvalue weighted by Crippen LogP contribution is 2.25. The van der Waals surface area contributed by atoms with Gasteiger partial charge >= 0.3 is 0 Å². The Kier molecular flexibility index (Phi) is 4.32. The number of piperidine rings is 1. The highest BCUT2D eigenvalue weighted by atomic mass is 32.1. The number of rotatable bonds is 3. The molecule has 0 aromatic heterocycles. The van der Waals surface area contributed by atoms with Gasteiger partial charge in [-0.05, 0) is 39.2 Å². The number of nitrogens with two attached hydrogens (primary N) is 1. The van der Waals surface area contributed by atoms with Crippen LogP contribution in [-0.2, 0) is 0 Å². The normalized spacial score (nSPS) is 31.4. The maximum Gasteiger partial charge on any atom is 0.0742 e. The van der Waals surface area contributed by atoms with E-state index in [0.717, 1.165) is 12.3 Å². The van der Waals surface area contributed by atoms with Gasteiger partial charge in [-0.1, -0.05) is 19.1 Å². The van der Waals surface area contributed by atoms with E-state index in [1.54, 1.807) is 0 Å². The molecule has 0 bridgehead atoms. The van der Waals surface area contributed by atoms with Crippen LogP contribution in [0.5, 0.6) is 0 Å². The van der Waals surface area contributed by atoms with Crippen LogP contribution in [0.3, 0.4) is 0 Å². The molecule has 3 heteroatoms. The molecule has 3 atom stereocenters. The summed E-state index contributed by atoms with van der Waals surface area (Å²) in [6.07, 6.45) is 3.52. The van der Waals surface area contributed by atoms with E-state index in [1.165, 1.54) is 19.4 Å². The van der Waals surface area contributed by atoms with E-state index in [1.807, 2.05) is 0 Å². The summed E-state index contributed by atoms with van der Waals surface area (Å²) in [5, 5.41) is 0. The lowest BCUT2D eigenvalue weighted by molar-refractivity contribution is 0.0785. The second-order valence-corrected chi connectivity index (χ2v) is 5.14. The molecule has 0 aliphatic carbocycles. The van der Waals surface area contributed by atoms with Crippen molar-refractivity contribution >= 4 is 17.2 Å². The van der Waals surface area contributed by atoms with Gasteiger partial charge in [0.05, 0.1) is 4.99 Å².